The lowest BCUT2D eigenvalue weighted by Gasteiger charge is -2.26. The van der Waals surface area contributed by atoms with Crippen molar-refractivity contribution in [3.05, 3.63) is 23.8 Å². The van der Waals surface area contributed by atoms with E-state index in [4.69, 9.17) is 9.84 Å². The van der Waals surface area contributed by atoms with E-state index in [1.165, 1.54) is 12.8 Å². The molecule has 2 aromatic rings. The molecule has 5 heteroatoms. The number of carboxylic acid groups (broad SMARTS) is 1. The predicted molar refractivity (Wildman–Crippen MR) is 87.0 cm³/mol. The average molecular weight is 314 g/mol. The number of hydrogen-bond donors (Lipinski definition) is 1. The van der Waals surface area contributed by atoms with E-state index in [-0.39, 0.29) is 11.7 Å². The molecular formula is C18H22N2O3. The molecule has 0 radical (unpaired) electrons. The third kappa shape index (κ3) is 2.80. The number of hydrogen-bond acceptors (Lipinski definition) is 3. The van der Waals surface area contributed by atoms with Crippen molar-refractivity contribution in [3.63, 3.8) is 0 Å². The minimum Gasteiger partial charge on any atom is -0.478 e. The monoisotopic (exact) mass is 314 g/mol. The van der Waals surface area contributed by atoms with Crippen LogP contribution < -0.4 is 4.74 Å². The lowest BCUT2D eigenvalue weighted by atomic mass is 9.89. The maximum atomic E-state index is 11.2. The number of benzene rings is 1. The molecule has 2 aliphatic rings. The molecule has 5 nitrogen and oxygen atoms in total. The Morgan fingerprint density at radius 1 is 1.22 bits per heavy atom. The van der Waals surface area contributed by atoms with Crippen molar-refractivity contribution in [2.24, 2.45) is 5.92 Å². The Morgan fingerprint density at radius 2 is 1.96 bits per heavy atom. The van der Waals surface area contributed by atoms with Gasteiger partial charge in [0.25, 0.3) is 6.01 Å². The van der Waals surface area contributed by atoms with Crippen LogP contribution in [-0.4, -0.2) is 26.7 Å². The molecule has 0 bridgehead atoms. The molecule has 1 N–H and O–H groups in total. The van der Waals surface area contributed by atoms with Gasteiger partial charge in [0.05, 0.1) is 16.6 Å². The number of carbonyl (C=O) groups is 1. The molecule has 0 aliphatic heterocycles. The first kappa shape index (κ1) is 14.5. The molecule has 122 valence electrons. The van der Waals surface area contributed by atoms with Crippen molar-refractivity contribution in [2.75, 3.05) is 0 Å². The van der Waals surface area contributed by atoms with Gasteiger partial charge in [-0.05, 0) is 62.6 Å². The third-order valence-electron chi connectivity index (χ3n) is 5.05. The van der Waals surface area contributed by atoms with Crippen molar-refractivity contribution in [1.29, 1.82) is 0 Å². The summed E-state index contributed by atoms with van der Waals surface area (Å²) < 4.78 is 8.39. The summed E-state index contributed by atoms with van der Waals surface area (Å²) in [4.78, 5) is 15.8. The van der Waals surface area contributed by atoms with Gasteiger partial charge in [-0.15, -0.1) is 0 Å². The highest BCUT2D eigenvalue weighted by Crippen LogP contribution is 2.41. The van der Waals surface area contributed by atoms with Crippen molar-refractivity contribution >= 4 is 17.0 Å². The van der Waals surface area contributed by atoms with E-state index >= 15 is 0 Å². The van der Waals surface area contributed by atoms with Crippen LogP contribution in [0.2, 0.25) is 0 Å². The number of fused-ring (bicyclic) bond motifs is 1. The maximum absolute atomic E-state index is 11.2. The highest BCUT2D eigenvalue weighted by Gasteiger charge is 2.31. The van der Waals surface area contributed by atoms with E-state index in [9.17, 15) is 4.79 Å². The van der Waals surface area contributed by atoms with E-state index in [0.717, 1.165) is 42.6 Å². The highest BCUT2D eigenvalue weighted by molar-refractivity contribution is 5.92. The predicted octanol–water partition coefficient (Wildman–Crippen LogP) is 4.03. The van der Waals surface area contributed by atoms with Crippen LogP contribution in [0.5, 0.6) is 6.01 Å². The Labute approximate surface area is 135 Å². The molecule has 0 spiro atoms. The molecule has 4 rings (SSSR count). The van der Waals surface area contributed by atoms with E-state index in [1.54, 1.807) is 12.1 Å². The van der Waals surface area contributed by atoms with E-state index in [0.29, 0.717) is 12.1 Å². The zero-order valence-electron chi connectivity index (χ0n) is 13.4. The average Bonchev–Trinajstić information content (AvgIpc) is 3.30. The first-order chi connectivity index (χ1) is 11.1. The van der Waals surface area contributed by atoms with Gasteiger partial charge in [-0.25, -0.2) is 4.79 Å². The number of nitrogens with zero attached hydrogens (tertiary/aromatic N) is 2. The van der Waals surface area contributed by atoms with Gasteiger partial charge in [-0.3, -0.25) is 4.57 Å². The smallest absolute Gasteiger partial charge is 0.335 e. The molecule has 2 aliphatic carbocycles. The minimum absolute atomic E-state index is 0.236. The maximum Gasteiger partial charge on any atom is 0.335 e. The van der Waals surface area contributed by atoms with Crippen LogP contribution >= 0.6 is 0 Å². The summed E-state index contributed by atoms with van der Waals surface area (Å²) >= 11 is 0. The fourth-order valence-electron chi connectivity index (χ4n) is 3.47. The van der Waals surface area contributed by atoms with Gasteiger partial charge in [0.1, 0.15) is 6.10 Å². The molecule has 23 heavy (non-hydrogen) atoms. The van der Waals surface area contributed by atoms with Crippen molar-refractivity contribution in [2.45, 2.75) is 57.6 Å². The SMILES string of the molecule is CC1CCC(Oc2nc3cc(C(=O)O)ccc3n2C2CC2)CC1. The zero-order chi connectivity index (χ0) is 16.0. The van der Waals surface area contributed by atoms with Crippen molar-refractivity contribution in [1.82, 2.24) is 9.55 Å². The topological polar surface area (TPSA) is 64.3 Å². The van der Waals surface area contributed by atoms with E-state index < -0.39 is 5.97 Å². The van der Waals surface area contributed by atoms with Crippen LogP contribution in [0.3, 0.4) is 0 Å². The molecule has 1 aromatic heterocycles. The second-order valence-electron chi connectivity index (χ2n) is 7.00. The Kier molecular flexibility index (Phi) is 3.51. The van der Waals surface area contributed by atoms with E-state index in [2.05, 4.69) is 16.5 Å². The van der Waals surface area contributed by atoms with Gasteiger partial charge in [0.15, 0.2) is 0 Å². The van der Waals surface area contributed by atoms with Crippen LogP contribution in [-0.2, 0) is 0 Å². The summed E-state index contributed by atoms with van der Waals surface area (Å²) in [5.74, 6) is -0.133. The zero-order valence-corrected chi connectivity index (χ0v) is 13.4. The number of carboxylic acids is 1. The third-order valence-corrected chi connectivity index (χ3v) is 5.05. The second-order valence-corrected chi connectivity index (χ2v) is 7.00. The number of aromatic nitrogens is 2. The van der Waals surface area contributed by atoms with Gasteiger partial charge < -0.3 is 9.84 Å². The molecule has 0 atom stereocenters. The van der Waals surface area contributed by atoms with E-state index in [1.807, 2.05) is 6.07 Å². The summed E-state index contributed by atoms with van der Waals surface area (Å²) in [5.41, 5.74) is 1.98. The Bertz CT molecular complexity index is 740. The summed E-state index contributed by atoms with van der Waals surface area (Å²) in [6, 6.07) is 6.28. The lowest BCUT2D eigenvalue weighted by Crippen LogP contribution is -2.24. The minimum atomic E-state index is -0.920. The van der Waals surface area contributed by atoms with Crippen LogP contribution in [0.15, 0.2) is 18.2 Å². The highest BCUT2D eigenvalue weighted by atomic mass is 16.5. The van der Waals surface area contributed by atoms with Crippen LogP contribution in [0.1, 0.15) is 61.8 Å². The fraction of sp³-hybridized carbons (Fsp3) is 0.556. The number of aromatic carboxylic acids is 1. The summed E-state index contributed by atoms with van der Waals surface area (Å²) in [6.07, 6.45) is 7.09. The Balaban J connectivity index is 1.67. The molecule has 1 heterocycles. The van der Waals surface area contributed by atoms with Crippen LogP contribution in [0.4, 0.5) is 0 Å². The number of rotatable bonds is 4. The summed E-state index contributed by atoms with van der Waals surface area (Å²) in [7, 11) is 0. The first-order valence-electron chi connectivity index (χ1n) is 8.54. The number of ether oxygens (including phenoxy) is 1. The standard InChI is InChI=1S/C18H22N2O3/c1-11-2-7-14(8-3-11)23-18-19-15-10-12(17(21)22)4-9-16(15)20(18)13-5-6-13/h4,9-11,13-14H,2-3,5-8H2,1H3,(H,21,22). The normalized spacial score (nSPS) is 24.7. The molecule has 2 saturated carbocycles. The van der Waals surface area contributed by atoms with Crippen molar-refractivity contribution < 1.29 is 14.6 Å². The van der Waals surface area contributed by atoms with Gasteiger partial charge in [-0.1, -0.05) is 6.92 Å². The Hall–Kier alpha value is -2.04. The molecule has 2 fully saturated rings. The molecule has 0 unspecified atom stereocenters. The number of imidazole rings is 1. The fourth-order valence-corrected chi connectivity index (χ4v) is 3.47. The van der Waals surface area contributed by atoms with Crippen molar-refractivity contribution in [3.8, 4) is 6.01 Å². The lowest BCUT2D eigenvalue weighted by molar-refractivity contribution is 0.0697. The summed E-state index contributed by atoms with van der Waals surface area (Å²) in [6.45, 7) is 2.29. The van der Waals surface area contributed by atoms with Gasteiger partial charge in [0.2, 0.25) is 0 Å². The molecule has 0 saturated heterocycles. The largest absolute Gasteiger partial charge is 0.478 e. The summed E-state index contributed by atoms with van der Waals surface area (Å²) in [5, 5.41) is 9.16. The second kappa shape index (κ2) is 5.55. The quantitative estimate of drug-likeness (QED) is 0.925. The van der Waals surface area contributed by atoms with Crippen LogP contribution in [0.25, 0.3) is 11.0 Å². The van der Waals surface area contributed by atoms with Gasteiger partial charge in [0, 0.05) is 6.04 Å². The van der Waals surface area contributed by atoms with Gasteiger partial charge in [-0.2, -0.15) is 4.98 Å². The first-order valence-corrected chi connectivity index (χ1v) is 8.54. The molecular weight excluding hydrogens is 292 g/mol. The Morgan fingerprint density at radius 3 is 2.61 bits per heavy atom. The molecule has 1 aromatic carbocycles. The van der Waals surface area contributed by atoms with Crippen LogP contribution in [0, 0.1) is 5.92 Å². The van der Waals surface area contributed by atoms with Gasteiger partial charge >= 0.3 is 5.97 Å². The molecule has 0 amide bonds.